The van der Waals surface area contributed by atoms with Gasteiger partial charge in [-0.15, -0.1) is 0 Å². The summed E-state index contributed by atoms with van der Waals surface area (Å²) in [5, 5.41) is 19.6. The molecule has 13 heteroatoms. The van der Waals surface area contributed by atoms with Gasteiger partial charge in [0.1, 0.15) is 12.4 Å². The lowest BCUT2D eigenvalue weighted by atomic mass is 9.95. The number of hydrogen-bond donors (Lipinski definition) is 4. The number of carbonyl (C=O) groups excluding carboxylic acids is 3. The minimum absolute atomic E-state index is 0.192. The van der Waals surface area contributed by atoms with Crippen LogP contribution in [0, 0.1) is 0 Å². The average molecular weight is 605 g/mol. The molecule has 208 valence electrons. The highest BCUT2D eigenvalue weighted by Crippen LogP contribution is 2.35. The van der Waals surface area contributed by atoms with Gasteiger partial charge < -0.3 is 34.7 Å². The number of rotatable bonds is 11. The Kier molecular flexibility index (Phi) is 10.3. The van der Waals surface area contributed by atoms with Crippen molar-refractivity contribution in [3.63, 3.8) is 0 Å². The molecule has 0 saturated heterocycles. The van der Waals surface area contributed by atoms with Crippen LogP contribution in [0.1, 0.15) is 37.9 Å². The number of carbonyl (C=O) groups is 3. The van der Waals surface area contributed by atoms with Crippen LogP contribution in [-0.2, 0) is 14.3 Å². The molecule has 39 heavy (non-hydrogen) atoms. The molecule has 1 aliphatic heterocycles. The van der Waals surface area contributed by atoms with Gasteiger partial charge in [-0.1, -0.05) is 22.0 Å². The Morgan fingerprint density at radius 2 is 1.92 bits per heavy atom. The van der Waals surface area contributed by atoms with Crippen LogP contribution in [0.3, 0.4) is 0 Å². The molecule has 0 unspecified atom stereocenters. The van der Waals surface area contributed by atoms with Crippen molar-refractivity contribution < 1.29 is 38.4 Å². The molecule has 0 bridgehead atoms. The van der Waals surface area contributed by atoms with Crippen LogP contribution in [0.25, 0.3) is 0 Å². The number of nitrogens with one attached hydrogen (secondary N) is 3. The molecule has 4 N–H and O–H groups in total. The maximum Gasteiger partial charge on any atom is 0.337 e. The number of nitrogens with zero attached hydrogens (tertiary/aromatic N) is 1. The molecule has 1 heterocycles. The van der Waals surface area contributed by atoms with Gasteiger partial charge in [0.15, 0.2) is 17.7 Å². The fourth-order valence-electron chi connectivity index (χ4n) is 3.68. The lowest BCUT2D eigenvalue weighted by Gasteiger charge is -2.28. The minimum atomic E-state index is -1.19. The summed E-state index contributed by atoms with van der Waals surface area (Å²) < 4.78 is 22.2. The van der Waals surface area contributed by atoms with E-state index >= 15 is 0 Å². The first-order chi connectivity index (χ1) is 18.6. The minimum Gasteiger partial charge on any atom is -0.490 e. The van der Waals surface area contributed by atoms with E-state index in [4.69, 9.17) is 18.9 Å². The zero-order valence-electron chi connectivity index (χ0n) is 21.7. The van der Waals surface area contributed by atoms with Crippen LogP contribution in [-0.4, -0.2) is 55.8 Å². The van der Waals surface area contributed by atoms with Crippen molar-refractivity contribution in [2.75, 3.05) is 20.3 Å². The molecule has 0 aromatic heterocycles. The Morgan fingerprint density at radius 3 is 2.62 bits per heavy atom. The normalized spacial score (nSPS) is 15.7. The van der Waals surface area contributed by atoms with Gasteiger partial charge in [-0.2, -0.15) is 5.10 Å². The summed E-state index contributed by atoms with van der Waals surface area (Å²) in [6.45, 7) is 4.83. The number of amides is 2. The van der Waals surface area contributed by atoms with Crippen LogP contribution in [0.5, 0.6) is 17.2 Å². The Hall–Kier alpha value is -4.10. The van der Waals surface area contributed by atoms with E-state index in [-0.39, 0.29) is 12.2 Å². The number of benzene rings is 2. The molecule has 0 saturated carbocycles. The average Bonchev–Trinajstić information content (AvgIpc) is 2.88. The largest absolute Gasteiger partial charge is 0.490 e. The van der Waals surface area contributed by atoms with E-state index in [1.807, 2.05) is 0 Å². The molecule has 2 atom stereocenters. The van der Waals surface area contributed by atoms with Gasteiger partial charge in [0.2, 0.25) is 0 Å². The summed E-state index contributed by atoms with van der Waals surface area (Å²) in [6, 6.07) is 8.75. The monoisotopic (exact) mass is 604 g/mol. The van der Waals surface area contributed by atoms with Crippen molar-refractivity contribution >= 4 is 40.1 Å². The van der Waals surface area contributed by atoms with Crippen LogP contribution in [0.2, 0.25) is 0 Å². The molecular formula is C26H29BrN4O8. The molecule has 2 aromatic rings. The third-order valence-electron chi connectivity index (χ3n) is 5.32. The van der Waals surface area contributed by atoms with Gasteiger partial charge in [-0.05, 0) is 49.7 Å². The standard InChI is InChI=1S/C26H29BrN4O8/c1-5-37-21-11-16(24-23(25(34)36-4)14(2)29-26(35)30-24)6-8-20(21)38-13-22(33)31-28-12-17-10-18(27)7-9-19(17)39-15(3)32/h6-12,22,24,31,33H,5,13H2,1-4H3,(H2,29,30,35)/b28-12+/t22-,24-/m0/s1. The Balaban J connectivity index is 1.71. The first-order valence-corrected chi connectivity index (χ1v) is 12.6. The van der Waals surface area contributed by atoms with Crippen molar-refractivity contribution in [3.8, 4) is 17.2 Å². The summed E-state index contributed by atoms with van der Waals surface area (Å²) in [4.78, 5) is 35.8. The number of methoxy groups -OCH3 is 1. The molecule has 3 rings (SSSR count). The summed E-state index contributed by atoms with van der Waals surface area (Å²) in [6.07, 6.45) is 0.203. The van der Waals surface area contributed by atoms with Crippen molar-refractivity contribution in [1.82, 2.24) is 16.1 Å². The number of hydrogen-bond acceptors (Lipinski definition) is 10. The predicted octanol–water partition coefficient (Wildman–Crippen LogP) is 2.89. The molecule has 1 aliphatic rings. The van der Waals surface area contributed by atoms with Crippen LogP contribution in [0.4, 0.5) is 4.79 Å². The fraction of sp³-hybridized carbons (Fsp3) is 0.308. The number of ether oxygens (including phenoxy) is 4. The van der Waals surface area contributed by atoms with Crippen molar-refractivity contribution in [1.29, 1.82) is 0 Å². The summed E-state index contributed by atoms with van der Waals surface area (Å²) in [5.41, 5.74) is 4.26. The quantitative estimate of drug-likeness (QED) is 0.0995. The smallest absolute Gasteiger partial charge is 0.337 e. The zero-order chi connectivity index (χ0) is 28.5. The Bertz CT molecular complexity index is 1300. The van der Waals surface area contributed by atoms with Gasteiger partial charge in [-0.25, -0.2) is 9.59 Å². The van der Waals surface area contributed by atoms with Crippen molar-refractivity contribution in [2.45, 2.75) is 33.0 Å². The number of esters is 2. The third kappa shape index (κ3) is 7.94. The molecule has 0 fully saturated rings. The van der Waals surface area contributed by atoms with Gasteiger partial charge in [-0.3, -0.25) is 10.2 Å². The van der Waals surface area contributed by atoms with Crippen molar-refractivity contribution in [3.05, 3.63) is 63.3 Å². The highest BCUT2D eigenvalue weighted by Gasteiger charge is 2.32. The highest BCUT2D eigenvalue weighted by atomic mass is 79.9. The molecule has 0 aliphatic carbocycles. The Morgan fingerprint density at radius 1 is 1.18 bits per heavy atom. The van der Waals surface area contributed by atoms with Gasteiger partial charge >= 0.3 is 18.0 Å². The second-order valence-corrected chi connectivity index (χ2v) is 9.11. The number of aliphatic hydroxyl groups excluding tert-OH is 1. The number of halogens is 1. The number of urea groups is 1. The number of allylic oxidation sites excluding steroid dienone is 1. The first-order valence-electron chi connectivity index (χ1n) is 11.8. The van der Waals surface area contributed by atoms with E-state index in [0.29, 0.717) is 40.7 Å². The lowest BCUT2D eigenvalue weighted by molar-refractivity contribution is -0.136. The molecule has 0 spiro atoms. The van der Waals surface area contributed by atoms with Crippen LogP contribution >= 0.6 is 15.9 Å². The number of aliphatic hydroxyl groups is 1. The summed E-state index contributed by atoms with van der Waals surface area (Å²) >= 11 is 3.35. The first kappa shape index (κ1) is 29.5. The zero-order valence-corrected chi connectivity index (χ0v) is 23.3. The maximum absolute atomic E-state index is 12.4. The fourth-order valence-corrected chi connectivity index (χ4v) is 4.06. The van der Waals surface area contributed by atoms with E-state index in [1.165, 1.54) is 20.2 Å². The topological polar surface area (TPSA) is 157 Å². The van der Waals surface area contributed by atoms with E-state index in [2.05, 4.69) is 37.1 Å². The van der Waals surface area contributed by atoms with E-state index in [9.17, 15) is 19.5 Å². The Labute approximate surface area is 233 Å². The van der Waals surface area contributed by atoms with Crippen LogP contribution in [0.15, 0.2) is 57.2 Å². The highest BCUT2D eigenvalue weighted by molar-refractivity contribution is 9.10. The maximum atomic E-state index is 12.4. The summed E-state index contributed by atoms with van der Waals surface area (Å²) in [5.74, 6) is -0.0648. The molecule has 2 aromatic carbocycles. The molecule has 12 nitrogen and oxygen atoms in total. The van der Waals surface area contributed by atoms with E-state index < -0.39 is 30.2 Å². The second-order valence-electron chi connectivity index (χ2n) is 8.19. The molecular weight excluding hydrogens is 576 g/mol. The number of hydrazone groups is 1. The molecule has 2 amide bonds. The van der Waals surface area contributed by atoms with E-state index in [0.717, 1.165) is 4.47 Å². The SMILES string of the molecule is CCOc1cc([C@@H]2NC(=O)NC(C)=C2C(=O)OC)ccc1OC[C@H](O)N/N=C/c1cc(Br)ccc1OC(C)=O. The van der Waals surface area contributed by atoms with E-state index in [1.54, 1.807) is 50.2 Å². The second kappa shape index (κ2) is 13.6. The predicted molar refractivity (Wildman–Crippen MR) is 144 cm³/mol. The summed E-state index contributed by atoms with van der Waals surface area (Å²) in [7, 11) is 1.26. The van der Waals surface area contributed by atoms with Crippen LogP contribution < -0.4 is 30.3 Å². The molecule has 0 radical (unpaired) electrons. The van der Waals surface area contributed by atoms with Gasteiger partial charge in [0.05, 0.1) is 31.5 Å². The van der Waals surface area contributed by atoms with Gasteiger partial charge in [0, 0.05) is 22.7 Å². The van der Waals surface area contributed by atoms with Gasteiger partial charge in [0.25, 0.3) is 0 Å². The third-order valence-corrected chi connectivity index (χ3v) is 5.82. The lowest BCUT2D eigenvalue weighted by Crippen LogP contribution is -2.45. The van der Waals surface area contributed by atoms with Crippen molar-refractivity contribution in [2.24, 2.45) is 5.10 Å².